The lowest BCUT2D eigenvalue weighted by atomic mass is 9.92. The number of nitrogens with zero attached hydrogens (tertiary/aromatic N) is 2. The largest absolute Gasteiger partial charge is 0.394 e. The van der Waals surface area contributed by atoms with Gasteiger partial charge in [0.15, 0.2) is 0 Å². The monoisotopic (exact) mass is 335 g/mol. The van der Waals surface area contributed by atoms with Crippen LogP contribution in [-0.4, -0.2) is 39.7 Å². The number of hydrogen-bond donors (Lipinski definition) is 2. The number of aliphatic hydroxyl groups excluding tert-OH is 1. The van der Waals surface area contributed by atoms with Crippen molar-refractivity contribution in [1.82, 2.24) is 15.1 Å². The van der Waals surface area contributed by atoms with Crippen LogP contribution in [-0.2, 0) is 17.8 Å². The van der Waals surface area contributed by atoms with E-state index >= 15 is 0 Å². The Bertz CT molecular complexity index is 523. The molecule has 0 saturated heterocycles. The highest BCUT2D eigenvalue weighted by molar-refractivity contribution is 5.24. The molecule has 1 aromatic rings. The summed E-state index contributed by atoms with van der Waals surface area (Å²) in [6, 6.07) is 0.458. The number of hydrogen-bond acceptors (Lipinski definition) is 4. The van der Waals surface area contributed by atoms with E-state index in [9.17, 15) is 0 Å². The number of aryl methyl sites for hydroxylation is 1. The van der Waals surface area contributed by atoms with Gasteiger partial charge >= 0.3 is 0 Å². The van der Waals surface area contributed by atoms with E-state index in [1.165, 1.54) is 56.9 Å². The summed E-state index contributed by atoms with van der Waals surface area (Å²) >= 11 is 0. The zero-order valence-corrected chi connectivity index (χ0v) is 15.3. The van der Waals surface area contributed by atoms with Gasteiger partial charge in [-0.2, -0.15) is 5.10 Å². The van der Waals surface area contributed by atoms with Crippen molar-refractivity contribution in [3.63, 3.8) is 0 Å². The van der Waals surface area contributed by atoms with Crippen molar-refractivity contribution in [2.24, 2.45) is 0 Å². The maximum atomic E-state index is 9.16. The van der Waals surface area contributed by atoms with E-state index in [1.807, 2.05) is 4.68 Å². The third-order valence-electron chi connectivity index (χ3n) is 5.76. The average Bonchev–Trinajstić information content (AvgIpc) is 3.17. The van der Waals surface area contributed by atoms with Gasteiger partial charge in [-0.25, -0.2) is 0 Å². The van der Waals surface area contributed by atoms with Crippen LogP contribution >= 0.6 is 0 Å². The van der Waals surface area contributed by atoms with Gasteiger partial charge in [0.2, 0.25) is 0 Å². The minimum Gasteiger partial charge on any atom is -0.394 e. The molecule has 5 nitrogen and oxygen atoms in total. The van der Waals surface area contributed by atoms with E-state index < -0.39 is 0 Å². The second-order valence-electron chi connectivity index (χ2n) is 7.45. The summed E-state index contributed by atoms with van der Waals surface area (Å²) in [5.74, 6) is 0. The lowest BCUT2D eigenvalue weighted by Crippen LogP contribution is -2.44. The number of nitrogens with one attached hydrogen (secondary N) is 1. The van der Waals surface area contributed by atoms with E-state index in [-0.39, 0.29) is 6.61 Å². The summed E-state index contributed by atoms with van der Waals surface area (Å²) in [6.45, 7) is 5.71. The molecule has 0 aromatic carbocycles. The van der Waals surface area contributed by atoms with E-state index in [4.69, 9.17) is 9.84 Å². The minimum absolute atomic E-state index is 0.134. The lowest BCUT2D eigenvalue weighted by molar-refractivity contribution is -0.0436. The Morgan fingerprint density at radius 1 is 1.12 bits per heavy atom. The van der Waals surface area contributed by atoms with Crippen LogP contribution in [0.25, 0.3) is 0 Å². The van der Waals surface area contributed by atoms with Crippen LogP contribution in [0.4, 0.5) is 0 Å². The van der Waals surface area contributed by atoms with Gasteiger partial charge in [-0.15, -0.1) is 0 Å². The first kappa shape index (κ1) is 17.9. The molecular weight excluding hydrogens is 302 g/mol. The van der Waals surface area contributed by atoms with E-state index in [2.05, 4.69) is 24.3 Å². The first-order chi connectivity index (χ1) is 11.7. The Morgan fingerprint density at radius 3 is 2.58 bits per heavy atom. The van der Waals surface area contributed by atoms with Crippen molar-refractivity contribution < 1.29 is 9.84 Å². The van der Waals surface area contributed by atoms with Crippen LogP contribution in [0.1, 0.15) is 68.3 Å². The van der Waals surface area contributed by atoms with Crippen molar-refractivity contribution in [3.8, 4) is 0 Å². The first-order valence-electron chi connectivity index (χ1n) is 9.71. The predicted molar refractivity (Wildman–Crippen MR) is 95.0 cm³/mol. The predicted octanol–water partition coefficient (Wildman–Crippen LogP) is 2.85. The van der Waals surface area contributed by atoms with Crippen LogP contribution in [0.15, 0.2) is 0 Å². The maximum absolute atomic E-state index is 9.16. The fourth-order valence-corrected chi connectivity index (χ4v) is 4.30. The SMILES string of the molecule is Cc1nn(CCO)c(C)c1CNC1CCCCC1OC1CCCC1. The summed E-state index contributed by atoms with van der Waals surface area (Å²) < 4.78 is 8.36. The average molecular weight is 335 g/mol. The van der Waals surface area contributed by atoms with Gasteiger partial charge in [0.25, 0.3) is 0 Å². The molecule has 0 bridgehead atoms. The van der Waals surface area contributed by atoms with Crippen molar-refractivity contribution in [2.75, 3.05) is 6.61 Å². The smallest absolute Gasteiger partial charge is 0.0731 e. The van der Waals surface area contributed by atoms with Crippen molar-refractivity contribution in [2.45, 2.75) is 96.6 Å². The third-order valence-corrected chi connectivity index (χ3v) is 5.76. The Kier molecular flexibility index (Phi) is 6.31. The van der Waals surface area contributed by atoms with Crippen molar-refractivity contribution >= 4 is 0 Å². The van der Waals surface area contributed by atoms with Crippen LogP contribution < -0.4 is 5.32 Å². The molecule has 2 saturated carbocycles. The molecule has 136 valence electrons. The Hall–Kier alpha value is -0.910. The standard InChI is InChI=1S/C19H33N3O2/c1-14-17(15(2)22(21-14)11-12-23)13-20-18-9-5-6-10-19(18)24-16-7-3-4-8-16/h16,18-20,23H,3-13H2,1-2H3. The van der Waals surface area contributed by atoms with Gasteiger partial charge in [-0.3, -0.25) is 4.68 Å². The molecule has 2 N–H and O–H groups in total. The molecule has 2 unspecified atom stereocenters. The highest BCUT2D eigenvalue weighted by atomic mass is 16.5. The molecule has 0 radical (unpaired) electrons. The second kappa shape index (κ2) is 8.45. The van der Waals surface area contributed by atoms with Gasteiger partial charge < -0.3 is 15.2 Å². The number of rotatable bonds is 7. The molecular formula is C19H33N3O2. The summed E-state index contributed by atoms with van der Waals surface area (Å²) in [4.78, 5) is 0. The summed E-state index contributed by atoms with van der Waals surface area (Å²) in [5.41, 5.74) is 3.50. The van der Waals surface area contributed by atoms with E-state index in [1.54, 1.807) is 0 Å². The zero-order valence-electron chi connectivity index (χ0n) is 15.3. The van der Waals surface area contributed by atoms with Crippen molar-refractivity contribution in [1.29, 1.82) is 0 Å². The first-order valence-corrected chi connectivity index (χ1v) is 9.71. The molecule has 0 amide bonds. The number of aromatic nitrogens is 2. The molecule has 2 aliphatic rings. The number of ether oxygens (including phenoxy) is 1. The highest BCUT2D eigenvalue weighted by Gasteiger charge is 2.29. The van der Waals surface area contributed by atoms with Crippen LogP contribution in [0.5, 0.6) is 0 Å². The Labute approximate surface area is 145 Å². The van der Waals surface area contributed by atoms with E-state index in [0.717, 1.165) is 17.9 Å². The van der Waals surface area contributed by atoms with E-state index in [0.29, 0.717) is 24.8 Å². The fourth-order valence-electron chi connectivity index (χ4n) is 4.30. The fraction of sp³-hybridized carbons (Fsp3) is 0.842. The topological polar surface area (TPSA) is 59.3 Å². The molecule has 5 heteroatoms. The van der Waals surface area contributed by atoms with Gasteiger partial charge in [0, 0.05) is 23.8 Å². The molecule has 2 atom stereocenters. The van der Waals surface area contributed by atoms with Gasteiger partial charge in [-0.05, 0) is 39.5 Å². The second-order valence-corrected chi connectivity index (χ2v) is 7.45. The van der Waals surface area contributed by atoms with Crippen LogP contribution in [0.2, 0.25) is 0 Å². The van der Waals surface area contributed by atoms with Gasteiger partial charge in [-0.1, -0.05) is 25.7 Å². The Morgan fingerprint density at radius 2 is 1.83 bits per heavy atom. The third kappa shape index (κ3) is 4.19. The van der Waals surface area contributed by atoms with Crippen molar-refractivity contribution in [3.05, 3.63) is 17.0 Å². The molecule has 24 heavy (non-hydrogen) atoms. The highest BCUT2D eigenvalue weighted by Crippen LogP contribution is 2.28. The van der Waals surface area contributed by atoms with Gasteiger partial charge in [0.1, 0.15) is 0 Å². The Balaban J connectivity index is 1.59. The molecule has 2 aliphatic carbocycles. The lowest BCUT2D eigenvalue weighted by Gasteiger charge is -2.34. The molecule has 1 aromatic heterocycles. The molecule has 3 rings (SSSR count). The van der Waals surface area contributed by atoms with Crippen LogP contribution in [0, 0.1) is 13.8 Å². The maximum Gasteiger partial charge on any atom is 0.0731 e. The summed E-state index contributed by atoms with van der Waals surface area (Å²) in [7, 11) is 0. The van der Waals surface area contributed by atoms with Crippen LogP contribution in [0.3, 0.4) is 0 Å². The molecule has 1 heterocycles. The minimum atomic E-state index is 0.134. The number of aliphatic hydroxyl groups is 1. The summed E-state index contributed by atoms with van der Waals surface area (Å²) in [6.07, 6.45) is 11.0. The molecule has 0 spiro atoms. The zero-order chi connectivity index (χ0) is 16.9. The normalized spacial score (nSPS) is 25.5. The summed E-state index contributed by atoms with van der Waals surface area (Å²) in [5, 5.41) is 17.5. The molecule has 0 aliphatic heterocycles. The van der Waals surface area contributed by atoms with Gasteiger partial charge in [0.05, 0.1) is 31.1 Å². The quantitative estimate of drug-likeness (QED) is 0.804. The molecule has 2 fully saturated rings.